The Labute approximate surface area is 91.9 Å². The van der Waals surface area contributed by atoms with Gasteiger partial charge < -0.3 is 9.84 Å². The number of aliphatic hydroxyl groups is 1. The summed E-state index contributed by atoms with van der Waals surface area (Å²) in [6.07, 6.45) is 3.20. The lowest BCUT2D eigenvalue weighted by atomic mass is 10.2. The summed E-state index contributed by atoms with van der Waals surface area (Å²) in [5.74, 6) is 0. The van der Waals surface area contributed by atoms with Gasteiger partial charge in [0.1, 0.15) is 0 Å². The van der Waals surface area contributed by atoms with E-state index in [1.807, 2.05) is 18.2 Å². The predicted octanol–water partition coefficient (Wildman–Crippen LogP) is 2.75. The van der Waals surface area contributed by atoms with E-state index in [2.05, 4.69) is 19.1 Å². The van der Waals surface area contributed by atoms with E-state index in [1.165, 1.54) is 5.56 Å². The molecule has 15 heavy (non-hydrogen) atoms. The van der Waals surface area contributed by atoms with Crippen LogP contribution >= 0.6 is 0 Å². The second kappa shape index (κ2) is 7.43. The molecule has 1 N–H and O–H groups in total. The molecule has 0 radical (unpaired) electrons. The van der Waals surface area contributed by atoms with E-state index in [9.17, 15) is 0 Å². The summed E-state index contributed by atoms with van der Waals surface area (Å²) in [5.41, 5.74) is 1.21. The summed E-state index contributed by atoms with van der Waals surface area (Å²) in [5, 5.41) is 8.65. The molecule has 2 nitrogen and oxygen atoms in total. The average molecular weight is 208 g/mol. The van der Waals surface area contributed by atoms with Crippen molar-refractivity contribution in [3.05, 3.63) is 35.9 Å². The van der Waals surface area contributed by atoms with Gasteiger partial charge in [-0.3, -0.25) is 0 Å². The van der Waals surface area contributed by atoms with Crippen LogP contribution in [0.15, 0.2) is 30.3 Å². The molecule has 0 saturated carbocycles. The van der Waals surface area contributed by atoms with Crippen LogP contribution in [0.25, 0.3) is 0 Å². The van der Waals surface area contributed by atoms with Gasteiger partial charge in [0.2, 0.25) is 0 Å². The molecule has 0 saturated heterocycles. The molecule has 0 aliphatic carbocycles. The molecule has 1 aromatic carbocycles. The van der Waals surface area contributed by atoms with Gasteiger partial charge in [-0.15, -0.1) is 0 Å². The Kier molecular flexibility index (Phi) is 6.05. The summed E-state index contributed by atoms with van der Waals surface area (Å²) in [6.45, 7) is 3.05. The van der Waals surface area contributed by atoms with Crippen molar-refractivity contribution in [3.8, 4) is 0 Å². The summed E-state index contributed by atoms with van der Waals surface area (Å²) in [4.78, 5) is 0. The second-order valence-corrected chi connectivity index (χ2v) is 3.83. The van der Waals surface area contributed by atoms with Gasteiger partial charge in [0.25, 0.3) is 0 Å². The normalized spacial score (nSPS) is 12.7. The summed E-state index contributed by atoms with van der Waals surface area (Å²) in [6, 6.07) is 10.2. The molecule has 0 spiro atoms. The molecular weight excluding hydrogens is 188 g/mol. The largest absolute Gasteiger partial charge is 0.396 e. The molecule has 2 heteroatoms. The lowest BCUT2D eigenvalue weighted by Crippen LogP contribution is -2.08. The molecule has 84 valence electrons. The van der Waals surface area contributed by atoms with E-state index in [-0.39, 0.29) is 12.7 Å². The number of aliphatic hydroxyl groups excluding tert-OH is 1. The van der Waals surface area contributed by atoms with Crippen LogP contribution in [-0.4, -0.2) is 17.8 Å². The fourth-order valence-corrected chi connectivity index (χ4v) is 1.44. The second-order valence-electron chi connectivity index (χ2n) is 3.83. The van der Waals surface area contributed by atoms with Gasteiger partial charge in [0.15, 0.2) is 0 Å². The van der Waals surface area contributed by atoms with Gasteiger partial charge in [0.05, 0.1) is 12.7 Å². The van der Waals surface area contributed by atoms with Crippen molar-refractivity contribution < 1.29 is 9.84 Å². The van der Waals surface area contributed by atoms with Crippen LogP contribution in [0.5, 0.6) is 0 Å². The van der Waals surface area contributed by atoms with Gasteiger partial charge in [-0.05, 0) is 31.7 Å². The minimum atomic E-state index is 0.275. The van der Waals surface area contributed by atoms with E-state index < -0.39 is 0 Å². The molecule has 1 aromatic rings. The van der Waals surface area contributed by atoms with E-state index in [0.717, 1.165) is 19.3 Å². The fraction of sp³-hybridized carbons (Fsp3) is 0.538. The SMILES string of the molecule is C[C@@H](CCCCO)OCc1ccccc1. The predicted molar refractivity (Wildman–Crippen MR) is 61.6 cm³/mol. The van der Waals surface area contributed by atoms with Crippen molar-refractivity contribution in [2.75, 3.05) is 6.61 Å². The van der Waals surface area contributed by atoms with E-state index in [1.54, 1.807) is 0 Å². The first-order valence-corrected chi connectivity index (χ1v) is 5.59. The molecule has 1 rings (SSSR count). The zero-order chi connectivity index (χ0) is 10.9. The van der Waals surface area contributed by atoms with E-state index >= 15 is 0 Å². The van der Waals surface area contributed by atoms with Crippen molar-refractivity contribution in [1.82, 2.24) is 0 Å². The van der Waals surface area contributed by atoms with Gasteiger partial charge in [-0.1, -0.05) is 30.3 Å². The van der Waals surface area contributed by atoms with Crippen LogP contribution in [0.4, 0.5) is 0 Å². The zero-order valence-corrected chi connectivity index (χ0v) is 9.36. The average Bonchev–Trinajstić information content (AvgIpc) is 2.28. The van der Waals surface area contributed by atoms with Gasteiger partial charge in [-0.25, -0.2) is 0 Å². The third-order valence-corrected chi connectivity index (χ3v) is 2.40. The first-order chi connectivity index (χ1) is 7.33. The van der Waals surface area contributed by atoms with Crippen LogP contribution in [-0.2, 0) is 11.3 Å². The van der Waals surface area contributed by atoms with E-state index in [4.69, 9.17) is 9.84 Å². The quantitative estimate of drug-likeness (QED) is 0.698. The highest BCUT2D eigenvalue weighted by atomic mass is 16.5. The standard InChI is InChI=1S/C13H20O2/c1-12(7-5-6-10-14)15-11-13-8-3-2-4-9-13/h2-4,8-9,12,14H,5-7,10-11H2,1H3/t12-/m0/s1. The highest BCUT2D eigenvalue weighted by Gasteiger charge is 2.01. The lowest BCUT2D eigenvalue weighted by molar-refractivity contribution is 0.0452. The minimum absolute atomic E-state index is 0.275. The summed E-state index contributed by atoms with van der Waals surface area (Å²) >= 11 is 0. The third kappa shape index (κ3) is 5.55. The third-order valence-electron chi connectivity index (χ3n) is 2.40. The monoisotopic (exact) mass is 208 g/mol. The molecule has 0 bridgehead atoms. The van der Waals surface area contributed by atoms with Gasteiger partial charge >= 0.3 is 0 Å². The first kappa shape index (κ1) is 12.2. The van der Waals surface area contributed by atoms with Crippen LogP contribution in [0.2, 0.25) is 0 Å². The highest BCUT2D eigenvalue weighted by molar-refractivity contribution is 5.13. The van der Waals surface area contributed by atoms with Crippen molar-refractivity contribution in [2.45, 2.75) is 38.9 Å². The molecule has 0 aliphatic rings. The Morgan fingerprint density at radius 2 is 1.93 bits per heavy atom. The molecule has 0 unspecified atom stereocenters. The zero-order valence-electron chi connectivity index (χ0n) is 9.36. The topological polar surface area (TPSA) is 29.5 Å². The number of benzene rings is 1. The highest BCUT2D eigenvalue weighted by Crippen LogP contribution is 2.08. The molecule has 0 fully saturated rings. The van der Waals surface area contributed by atoms with Gasteiger partial charge in [0, 0.05) is 6.61 Å². The first-order valence-electron chi connectivity index (χ1n) is 5.59. The smallest absolute Gasteiger partial charge is 0.0720 e. The molecule has 0 aliphatic heterocycles. The molecule has 0 aromatic heterocycles. The summed E-state index contributed by atoms with van der Waals surface area (Å²) < 4.78 is 5.69. The number of rotatable bonds is 7. The fourth-order valence-electron chi connectivity index (χ4n) is 1.44. The lowest BCUT2D eigenvalue weighted by Gasteiger charge is -2.12. The van der Waals surface area contributed by atoms with E-state index in [0.29, 0.717) is 6.61 Å². The number of ether oxygens (including phenoxy) is 1. The van der Waals surface area contributed by atoms with Crippen molar-refractivity contribution in [2.24, 2.45) is 0 Å². The van der Waals surface area contributed by atoms with Gasteiger partial charge in [-0.2, -0.15) is 0 Å². The maximum atomic E-state index is 8.65. The molecule has 1 atom stereocenters. The van der Waals surface area contributed by atoms with Crippen molar-refractivity contribution in [1.29, 1.82) is 0 Å². The number of unbranched alkanes of at least 4 members (excludes halogenated alkanes) is 1. The molecule has 0 amide bonds. The Morgan fingerprint density at radius 3 is 2.60 bits per heavy atom. The van der Waals surface area contributed by atoms with Crippen molar-refractivity contribution in [3.63, 3.8) is 0 Å². The summed E-state index contributed by atoms with van der Waals surface area (Å²) in [7, 11) is 0. The van der Waals surface area contributed by atoms with Crippen LogP contribution in [0, 0.1) is 0 Å². The van der Waals surface area contributed by atoms with Crippen LogP contribution < -0.4 is 0 Å². The Morgan fingerprint density at radius 1 is 1.20 bits per heavy atom. The Balaban J connectivity index is 2.14. The molecule has 0 heterocycles. The Hall–Kier alpha value is -0.860. The maximum Gasteiger partial charge on any atom is 0.0720 e. The Bertz CT molecular complexity index is 246. The van der Waals surface area contributed by atoms with Crippen molar-refractivity contribution >= 4 is 0 Å². The number of hydrogen-bond donors (Lipinski definition) is 1. The number of hydrogen-bond acceptors (Lipinski definition) is 2. The minimum Gasteiger partial charge on any atom is -0.396 e. The van der Waals surface area contributed by atoms with Crippen LogP contribution in [0.1, 0.15) is 31.7 Å². The molecular formula is C13H20O2. The maximum absolute atomic E-state index is 8.65. The van der Waals surface area contributed by atoms with Crippen LogP contribution in [0.3, 0.4) is 0 Å².